The predicted molar refractivity (Wildman–Crippen MR) is 126 cm³/mol. The second kappa shape index (κ2) is 12.8. The molecule has 0 aliphatic rings. The molecule has 0 aliphatic carbocycles. The third kappa shape index (κ3) is 11.3. The van der Waals surface area contributed by atoms with Gasteiger partial charge in [0.05, 0.1) is 18.8 Å². The van der Waals surface area contributed by atoms with Crippen molar-refractivity contribution < 1.29 is 33.4 Å². The van der Waals surface area contributed by atoms with Crippen molar-refractivity contribution in [3.63, 3.8) is 0 Å². The third-order valence-corrected chi connectivity index (χ3v) is 5.88. The summed E-state index contributed by atoms with van der Waals surface area (Å²) in [7, 11) is -3.87. The molecule has 0 aromatic heterocycles. The molecule has 1 unspecified atom stereocenters. The van der Waals surface area contributed by atoms with Gasteiger partial charge in [0.2, 0.25) is 0 Å². The van der Waals surface area contributed by atoms with Crippen molar-refractivity contribution in [1.82, 2.24) is 5.32 Å². The summed E-state index contributed by atoms with van der Waals surface area (Å²) in [6.45, 7) is 5.34. The molecule has 2 atom stereocenters. The van der Waals surface area contributed by atoms with Gasteiger partial charge in [-0.15, -0.1) is 0 Å². The molecule has 0 saturated carbocycles. The molecule has 0 spiro atoms. The molecule has 0 radical (unpaired) electrons. The van der Waals surface area contributed by atoms with Gasteiger partial charge < -0.3 is 29.3 Å². The van der Waals surface area contributed by atoms with E-state index in [1.54, 1.807) is 20.8 Å². The lowest BCUT2D eigenvalue weighted by Gasteiger charge is -2.24. The number of rotatable bonds is 12. The zero-order valence-corrected chi connectivity index (χ0v) is 20.3. The predicted octanol–water partition coefficient (Wildman–Crippen LogP) is 4.29. The summed E-state index contributed by atoms with van der Waals surface area (Å²) in [5.74, 6) is 0.708. The molecule has 2 rings (SSSR count). The normalized spacial score (nSPS) is 14.2. The number of hydrogen-bond donors (Lipinski definition) is 3. The van der Waals surface area contributed by atoms with Crippen LogP contribution in [0.5, 0.6) is 5.75 Å². The second-order valence-electron chi connectivity index (χ2n) is 8.70. The molecule has 0 aliphatic heterocycles. The first-order valence-corrected chi connectivity index (χ1v) is 12.6. The van der Waals surface area contributed by atoms with Crippen LogP contribution < -0.4 is 10.1 Å². The molecule has 33 heavy (non-hydrogen) atoms. The number of amides is 1. The molecule has 2 aromatic rings. The molecular weight excluding hydrogens is 445 g/mol. The molecule has 2 aromatic carbocycles. The summed E-state index contributed by atoms with van der Waals surface area (Å²) in [5.41, 5.74) is 1.27. The molecular formula is C24H34NO7P. The lowest BCUT2D eigenvalue weighted by atomic mass is 10.1. The van der Waals surface area contributed by atoms with Crippen LogP contribution >= 0.6 is 7.60 Å². The van der Waals surface area contributed by atoms with Gasteiger partial charge in [0, 0.05) is 6.61 Å². The Morgan fingerprint density at radius 2 is 1.73 bits per heavy atom. The Bertz CT molecular complexity index is 897. The quantitative estimate of drug-likeness (QED) is 0.389. The van der Waals surface area contributed by atoms with Crippen molar-refractivity contribution in [2.24, 2.45) is 0 Å². The van der Waals surface area contributed by atoms with Gasteiger partial charge in [-0.1, -0.05) is 42.5 Å². The minimum Gasteiger partial charge on any atom is -0.489 e. The number of ether oxygens (including phenoxy) is 2. The zero-order chi connectivity index (χ0) is 24.3. The number of hydrogen-bond acceptors (Lipinski definition) is 6. The van der Waals surface area contributed by atoms with Crippen LogP contribution in [0, 0.1) is 0 Å². The van der Waals surface area contributed by atoms with Crippen LogP contribution in [0.4, 0.5) is 4.79 Å². The minimum absolute atomic E-state index is 0.155. The first-order valence-electron chi connectivity index (χ1n) is 10.9. The van der Waals surface area contributed by atoms with E-state index in [9.17, 15) is 14.3 Å². The molecule has 182 valence electrons. The molecule has 0 fully saturated rings. The number of carbonyl (C=O) groups is 1. The van der Waals surface area contributed by atoms with E-state index in [0.717, 1.165) is 11.1 Å². The Morgan fingerprint density at radius 1 is 1.06 bits per heavy atom. The topological polar surface area (TPSA) is 114 Å². The van der Waals surface area contributed by atoms with E-state index >= 15 is 0 Å². The minimum atomic E-state index is -3.87. The summed E-state index contributed by atoms with van der Waals surface area (Å²) in [6.07, 6.45) is -0.279. The van der Waals surface area contributed by atoms with Gasteiger partial charge in [-0.2, -0.15) is 0 Å². The van der Waals surface area contributed by atoms with Gasteiger partial charge in [0.1, 0.15) is 18.0 Å². The van der Waals surface area contributed by atoms with Gasteiger partial charge in [-0.25, -0.2) is 4.79 Å². The van der Waals surface area contributed by atoms with Crippen molar-refractivity contribution in [1.29, 1.82) is 0 Å². The van der Waals surface area contributed by atoms with Gasteiger partial charge >= 0.3 is 13.7 Å². The molecule has 0 heterocycles. The van der Waals surface area contributed by atoms with Gasteiger partial charge in [0.25, 0.3) is 0 Å². The van der Waals surface area contributed by atoms with E-state index in [0.29, 0.717) is 18.8 Å². The number of aliphatic hydroxyl groups excluding tert-OH is 1. The van der Waals surface area contributed by atoms with Gasteiger partial charge in [0.15, 0.2) is 0 Å². The van der Waals surface area contributed by atoms with E-state index in [4.69, 9.17) is 19.1 Å². The van der Waals surface area contributed by atoms with Crippen LogP contribution in [0.1, 0.15) is 38.3 Å². The molecule has 3 N–H and O–H groups in total. The van der Waals surface area contributed by atoms with Gasteiger partial charge in [-0.3, -0.25) is 4.57 Å². The highest BCUT2D eigenvalue weighted by Crippen LogP contribution is 2.42. The molecule has 1 amide bonds. The standard InChI is InChI=1S/C24H34NO7P/c1-24(2,3)32-23(27)25-21(18-31-33(28,29)15-7-14-26)16-19-10-12-22(13-11-19)30-17-20-8-5-4-6-9-20/h4-6,8-13,21,26H,7,14-18H2,1-3H3,(H,25,27)(H,28,29)/t21-/m1/s1. The summed E-state index contributed by atoms with van der Waals surface area (Å²) in [5, 5.41) is 11.6. The number of alkyl carbamates (subject to hydrolysis) is 1. The summed E-state index contributed by atoms with van der Waals surface area (Å²) >= 11 is 0. The van der Waals surface area contributed by atoms with Crippen molar-refractivity contribution >= 4 is 13.7 Å². The smallest absolute Gasteiger partial charge is 0.407 e. The summed E-state index contributed by atoms with van der Waals surface area (Å²) in [4.78, 5) is 22.2. The monoisotopic (exact) mass is 479 g/mol. The fraction of sp³-hybridized carbons (Fsp3) is 0.458. The lowest BCUT2D eigenvalue weighted by Crippen LogP contribution is -2.42. The second-order valence-corrected chi connectivity index (χ2v) is 10.7. The highest BCUT2D eigenvalue weighted by atomic mass is 31.2. The van der Waals surface area contributed by atoms with Crippen LogP contribution in [0.3, 0.4) is 0 Å². The average molecular weight is 480 g/mol. The zero-order valence-electron chi connectivity index (χ0n) is 19.4. The van der Waals surface area contributed by atoms with Crippen LogP contribution in [0.15, 0.2) is 54.6 Å². The number of benzene rings is 2. The van der Waals surface area contributed by atoms with E-state index < -0.39 is 25.3 Å². The third-order valence-electron chi connectivity index (χ3n) is 4.45. The molecule has 0 bridgehead atoms. The highest BCUT2D eigenvalue weighted by molar-refractivity contribution is 7.52. The molecule has 8 nitrogen and oxygen atoms in total. The van der Waals surface area contributed by atoms with E-state index in [2.05, 4.69) is 5.32 Å². The lowest BCUT2D eigenvalue weighted by molar-refractivity contribution is 0.0484. The maximum atomic E-state index is 12.3. The van der Waals surface area contributed by atoms with Crippen molar-refractivity contribution in [2.45, 2.75) is 51.9 Å². The van der Waals surface area contributed by atoms with Gasteiger partial charge in [-0.05, 0) is 56.9 Å². The largest absolute Gasteiger partial charge is 0.489 e. The Labute approximate surface area is 195 Å². The Kier molecular flexibility index (Phi) is 10.4. The molecule has 0 saturated heterocycles. The van der Waals surface area contributed by atoms with E-state index in [-0.39, 0.29) is 25.8 Å². The maximum Gasteiger partial charge on any atom is 0.407 e. The number of nitrogens with one attached hydrogen (secondary N) is 1. The fourth-order valence-electron chi connectivity index (χ4n) is 2.91. The van der Waals surface area contributed by atoms with Crippen LogP contribution in [0.2, 0.25) is 0 Å². The summed E-state index contributed by atoms with van der Waals surface area (Å²) in [6, 6.07) is 16.7. The number of aliphatic hydroxyl groups is 1. The average Bonchev–Trinajstić information content (AvgIpc) is 2.75. The van der Waals surface area contributed by atoms with Crippen molar-refractivity contribution in [3.8, 4) is 5.75 Å². The first kappa shape index (κ1) is 26.9. The Morgan fingerprint density at radius 3 is 2.33 bits per heavy atom. The molecule has 9 heteroatoms. The maximum absolute atomic E-state index is 12.3. The first-order chi connectivity index (χ1) is 15.6. The Hall–Kier alpha value is -2.38. The number of carbonyl (C=O) groups excluding carboxylic acids is 1. The van der Waals surface area contributed by atoms with E-state index in [1.165, 1.54) is 0 Å². The van der Waals surface area contributed by atoms with Crippen LogP contribution in [0.25, 0.3) is 0 Å². The van der Waals surface area contributed by atoms with Crippen LogP contribution in [-0.2, 0) is 26.9 Å². The van der Waals surface area contributed by atoms with Crippen molar-refractivity contribution in [3.05, 3.63) is 65.7 Å². The van der Waals surface area contributed by atoms with E-state index in [1.807, 2.05) is 54.6 Å². The fourth-order valence-corrected chi connectivity index (χ4v) is 4.00. The van der Waals surface area contributed by atoms with Crippen LogP contribution in [-0.4, -0.2) is 47.1 Å². The SMILES string of the molecule is CC(C)(C)OC(=O)N[C@@H](COP(=O)(O)CCCO)Cc1ccc(OCc2ccccc2)cc1. The Balaban J connectivity index is 1.99. The highest BCUT2D eigenvalue weighted by Gasteiger charge is 2.24. The van der Waals surface area contributed by atoms with Crippen molar-refractivity contribution in [2.75, 3.05) is 19.4 Å². The summed E-state index contributed by atoms with van der Waals surface area (Å²) < 4.78 is 28.5.